The van der Waals surface area contributed by atoms with Gasteiger partial charge in [-0.25, -0.2) is 0 Å². The van der Waals surface area contributed by atoms with Crippen molar-refractivity contribution in [1.29, 1.82) is 0 Å². The highest BCUT2D eigenvalue weighted by Crippen LogP contribution is 2.32. The summed E-state index contributed by atoms with van der Waals surface area (Å²) in [6.45, 7) is 8.99. The van der Waals surface area contributed by atoms with E-state index in [1.165, 1.54) is 11.1 Å². The van der Waals surface area contributed by atoms with Crippen molar-refractivity contribution in [3.63, 3.8) is 0 Å². The number of hydrogen-bond acceptors (Lipinski definition) is 3. The van der Waals surface area contributed by atoms with Gasteiger partial charge >= 0.3 is 0 Å². The first kappa shape index (κ1) is 15.0. The fraction of sp³-hybridized carbons (Fsp3) is 0.588. The smallest absolute Gasteiger partial charge is 0.169 e. The van der Waals surface area contributed by atoms with Gasteiger partial charge in [-0.2, -0.15) is 0 Å². The van der Waals surface area contributed by atoms with Gasteiger partial charge in [-0.05, 0) is 36.5 Å². The van der Waals surface area contributed by atoms with Crippen LogP contribution in [-0.4, -0.2) is 24.6 Å². The second-order valence-corrected chi connectivity index (χ2v) is 5.81. The maximum atomic E-state index is 11.6. The van der Waals surface area contributed by atoms with Gasteiger partial charge in [-0.15, -0.1) is 0 Å². The molecule has 1 aromatic rings. The van der Waals surface area contributed by atoms with Crippen LogP contribution in [0.1, 0.15) is 50.7 Å². The monoisotopic (exact) mass is 276 g/mol. The lowest BCUT2D eigenvalue weighted by Crippen LogP contribution is -2.52. The lowest BCUT2D eigenvalue weighted by atomic mass is 9.89. The molecule has 110 valence electrons. The number of hydrogen-bond donors (Lipinski definition) is 0. The third-order valence-electron chi connectivity index (χ3n) is 3.63. The molecule has 1 aliphatic carbocycles. The standard InChI is InChI=1S/C17H24O3/c1-5-8-19-17-14(18)10-16(17)20-15-9-12(4)6-7-13(15)11(2)3/h6-7,9,11,16-17H,5,8,10H2,1-4H3. The molecule has 20 heavy (non-hydrogen) atoms. The fourth-order valence-electron chi connectivity index (χ4n) is 2.40. The SMILES string of the molecule is CCCOC1C(=O)CC1Oc1cc(C)ccc1C(C)C. The first-order valence-electron chi connectivity index (χ1n) is 7.44. The average molecular weight is 276 g/mol. The second kappa shape index (κ2) is 6.40. The summed E-state index contributed by atoms with van der Waals surface area (Å²) >= 11 is 0. The molecular formula is C17H24O3. The molecular weight excluding hydrogens is 252 g/mol. The summed E-state index contributed by atoms with van der Waals surface area (Å²) in [5.74, 6) is 1.45. The molecule has 0 radical (unpaired) electrons. The third-order valence-corrected chi connectivity index (χ3v) is 3.63. The Kier molecular flexibility index (Phi) is 4.81. The van der Waals surface area contributed by atoms with E-state index >= 15 is 0 Å². The van der Waals surface area contributed by atoms with Gasteiger partial charge in [-0.1, -0.05) is 32.9 Å². The van der Waals surface area contributed by atoms with Crippen LogP contribution in [0.5, 0.6) is 5.75 Å². The van der Waals surface area contributed by atoms with Gasteiger partial charge < -0.3 is 9.47 Å². The molecule has 2 unspecified atom stereocenters. The highest BCUT2D eigenvalue weighted by atomic mass is 16.5. The summed E-state index contributed by atoms with van der Waals surface area (Å²) in [5.41, 5.74) is 2.35. The van der Waals surface area contributed by atoms with E-state index in [-0.39, 0.29) is 18.0 Å². The number of carbonyl (C=O) groups excluding carboxylic acids is 1. The molecule has 1 aliphatic rings. The Morgan fingerprint density at radius 2 is 2.10 bits per heavy atom. The van der Waals surface area contributed by atoms with E-state index in [0.717, 1.165) is 12.2 Å². The molecule has 3 nitrogen and oxygen atoms in total. The molecule has 0 spiro atoms. The molecule has 0 amide bonds. The Bertz CT molecular complexity index is 479. The second-order valence-electron chi connectivity index (χ2n) is 5.81. The predicted octanol–water partition coefficient (Wildman–Crippen LogP) is 3.63. The zero-order valence-corrected chi connectivity index (χ0v) is 12.8. The Balaban J connectivity index is 2.09. The van der Waals surface area contributed by atoms with Crippen LogP contribution in [0, 0.1) is 6.92 Å². The van der Waals surface area contributed by atoms with E-state index in [1.807, 2.05) is 13.8 Å². The number of ketones is 1. The van der Waals surface area contributed by atoms with Crippen molar-refractivity contribution in [2.75, 3.05) is 6.61 Å². The van der Waals surface area contributed by atoms with Crippen LogP contribution in [-0.2, 0) is 9.53 Å². The Morgan fingerprint density at radius 1 is 1.35 bits per heavy atom. The molecule has 0 heterocycles. The number of aryl methyl sites for hydroxylation is 1. The first-order valence-corrected chi connectivity index (χ1v) is 7.44. The van der Waals surface area contributed by atoms with Crippen LogP contribution in [0.15, 0.2) is 18.2 Å². The number of ether oxygens (including phenoxy) is 2. The molecule has 0 N–H and O–H groups in total. The quantitative estimate of drug-likeness (QED) is 0.796. The van der Waals surface area contributed by atoms with Gasteiger partial charge in [0.25, 0.3) is 0 Å². The minimum Gasteiger partial charge on any atom is -0.486 e. The molecule has 1 fully saturated rings. The van der Waals surface area contributed by atoms with Crippen molar-refractivity contribution in [2.45, 2.75) is 58.7 Å². The molecule has 3 heteroatoms. The van der Waals surface area contributed by atoms with Crippen LogP contribution < -0.4 is 4.74 Å². The number of rotatable bonds is 6. The van der Waals surface area contributed by atoms with Gasteiger partial charge in [0, 0.05) is 13.0 Å². The van der Waals surface area contributed by atoms with Crippen LogP contribution >= 0.6 is 0 Å². The van der Waals surface area contributed by atoms with Crippen molar-refractivity contribution in [3.05, 3.63) is 29.3 Å². The van der Waals surface area contributed by atoms with Crippen LogP contribution in [0.4, 0.5) is 0 Å². The molecule has 1 aromatic carbocycles. The van der Waals surface area contributed by atoms with Crippen molar-refractivity contribution < 1.29 is 14.3 Å². The van der Waals surface area contributed by atoms with E-state index in [0.29, 0.717) is 18.9 Å². The maximum Gasteiger partial charge on any atom is 0.169 e. The number of carbonyl (C=O) groups is 1. The van der Waals surface area contributed by atoms with Gasteiger partial charge in [0.05, 0.1) is 0 Å². The summed E-state index contributed by atoms with van der Waals surface area (Å²) in [5, 5.41) is 0. The Morgan fingerprint density at radius 3 is 2.70 bits per heavy atom. The first-order chi connectivity index (χ1) is 9.52. The topological polar surface area (TPSA) is 35.5 Å². The summed E-state index contributed by atoms with van der Waals surface area (Å²) in [4.78, 5) is 11.6. The van der Waals surface area contributed by atoms with E-state index < -0.39 is 0 Å². The number of benzene rings is 1. The molecule has 2 atom stereocenters. The molecule has 0 saturated heterocycles. The highest BCUT2D eigenvalue weighted by Gasteiger charge is 2.42. The van der Waals surface area contributed by atoms with E-state index in [4.69, 9.17) is 9.47 Å². The van der Waals surface area contributed by atoms with Crippen molar-refractivity contribution in [3.8, 4) is 5.75 Å². The van der Waals surface area contributed by atoms with E-state index in [1.54, 1.807) is 0 Å². The molecule has 1 saturated carbocycles. The van der Waals surface area contributed by atoms with Gasteiger partial charge in [0.1, 0.15) is 11.9 Å². The van der Waals surface area contributed by atoms with E-state index in [9.17, 15) is 4.79 Å². The largest absolute Gasteiger partial charge is 0.486 e. The number of Topliss-reactive ketones (excluding diaryl/α,β-unsaturated/α-hetero) is 1. The van der Waals surface area contributed by atoms with Gasteiger partial charge in [0.2, 0.25) is 0 Å². The van der Waals surface area contributed by atoms with Crippen LogP contribution in [0.3, 0.4) is 0 Å². The Hall–Kier alpha value is -1.35. The van der Waals surface area contributed by atoms with Crippen molar-refractivity contribution in [1.82, 2.24) is 0 Å². The Labute approximate surface area is 121 Å². The molecule has 0 aromatic heterocycles. The third kappa shape index (κ3) is 3.21. The predicted molar refractivity (Wildman–Crippen MR) is 79.3 cm³/mol. The highest BCUT2D eigenvalue weighted by molar-refractivity contribution is 5.90. The maximum absolute atomic E-state index is 11.6. The van der Waals surface area contributed by atoms with Crippen LogP contribution in [0.2, 0.25) is 0 Å². The molecule has 0 aliphatic heterocycles. The fourth-order valence-corrected chi connectivity index (χ4v) is 2.40. The van der Waals surface area contributed by atoms with E-state index in [2.05, 4.69) is 32.0 Å². The summed E-state index contributed by atoms with van der Waals surface area (Å²) in [6, 6.07) is 6.26. The van der Waals surface area contributed by atoms with Crippen LogP contribution in [0.25, 0.3) is 0 Å². The normalized spacial score (nSPS) is 21.9. The minimum absolute atomic E-state index is 0.131. The molecule has 0 bridgehead atoms. The lowest BCUT2D eigenvalue weighted by molar-refractivity contribution is -0.154. The van der Waals surface area contributed by atoms with Gasteiger partial charge in [0.15, 0.2) is 11.9 Å². The molecule has 2 rings (SSSR count). The zero-order valence-electron chi connectivity index (χ0n) is 12.8. The summed E-state index contributed by atoms with van der Waals surface area (Å²) in [6.07, 6.45) is 0.863. The summed E-state index contributed by atoms with van der Waals surface area (Å²) < 4.78 is 11.6. The van der Waals surface area contributed by atoms with Gasteiger partial charge in [-0.3, -0.25) is 4.79 Å². The zero-order chi connectivity index (χ0) is 14.7. The van der Waals surface area contributed by atoms with Crippen molar-refractivity contribution in [2.24, 2.45) is 0 Å². The lowest BCUT2D eigenvalue weighted by Gasteiger charge is -2.35. The van der Waals surface area contributed by atoms with Crippen molar-refractivity contribution >= 4 is 5.78 Å². The minimum atomic E-state index is -0.379. The summed E-state index contributed by atoms with van der Waals surface area (Å²) in [7, 11) is 0. The average Bonchev–Trinajstić information content (AvgIpc) is 2.38.